The molecule has 1 aliphatic carbocycles. The molecular formula is C15H16F2N2O4. The summed E-state index contributed by atoms with van der Waals surface area (Å²) in [6, 6.07) is 3.14. The molecule has 0 spiro atoms. The number of rotatable bonds is 6. The average molecular weight is 326 g/mol. The molecule has 0 aromatic heterocycles. The van der Waals surface area contributed by atoms with Crippen LogP contribution in [0.5, 0.6) is 0 Å². The Balaban J connectivity index is 2.06. The number of carboxylic acids is 1. The van der Waals surface area contributed by atoms with Gasteiger partial charge in [-0.05, 0) is 31.9 Å². The van der Waals surface area contributed by atoms with E-state index in [9.17, 15) is 23.2 Å². The second-order valence-corrected chi connectivity index (χ2v) is 5.35. The van der Waals surface area contributed by atoms with Crippen molar-refractivity contribution in [3.63, 3.8) is 0 Å². The molecule has 1 aliphatic rings. The van der Waals surface area contributed by atoms with Gasteiger partial charge in [-0.2, -0.15) is 0 Å². The molecule has 0 radical (unpaired) electrons. The van der Waals surface area contributed by atoms with E-state index in [1.807, 2.05) is 0 Å². The number of hydrogen-bond donors (Lipinski definition) is 2. The van der Waals surface area contributed by atoms with Gasteiger partial charge in [0.1, 0.15) is 22.7 Å². The first kappa shape index (κ1) is 16.9. The smallest absolute Gasteiger partial charge is 0.319 e. The molecule has 1 aromatic rings. The zero-order valence-corrected chi connectivity index (χ0v) is 12.4. The fourth-order valence-corrected chi connectivity index (χ4v) is 2.24. The molecule has 124 valence electrons. The number of nitrogens with zero attached hydrogens (tertiary/aromatic N) is 1. The first-order valence-electron chi connectivity index (χ1n) is 7.08. The predicted octanol–water partition coefficient (Wildman–Crippen LogP) is 1.62. The lowest BCUT2D eigenvalue weighted by Crippen LogP contribution is -2.44. The molecule has 0 unspecified atom stereocenters. The largest absolute Gasteiger partial charge is 0.480 e. The summed E-state index contributed by atoms with van der Waals surface area (Å²) in [6.45, 7) is 1.23. The van der Waals surface area contributed by atoms with Gasteiger partial charge < -0.3 is 15.3 Å². The number of amides is 2. The third kappa shape index (κ3) is 3.30. The average Bonchev–Trinajstić information content (AvgIpc) is 3.30. The Morgan fingerprint density at radius 2 is 1.83 bits per heavy atom. The maximum atomic E-state index is 13.5. The second-order valence-electron chi connectivity index (χ2n) is 5.35. The van der Waals surface area contributed by atoms with E-state index in [0.717, 1.165) is 23.1 Å². The molecule has 2 amide bonds. The van der Waals surface area contributed by atoms with Crippen molar-refractivity contribution >= 4 is 23.5 Å². The molecule has 0 heterocycles. The Hall–Kier alpha value is -2.51. The van der Waals surface area contributed by atoms with Gasteiger partial charge in [-0.3, -0.25) is 14.4 Å². The Morgan fingerprint density at radius 1 is 1.26 bits per heavy atom. The van der Waals surface area contributed by atoms with E-state index >= 15 is 0 Å². The van der Waals surface area contributed by atoms with Gasteiger partial charge in [0.05, 0.1) is 6.54 Å². The van der Waals surface area contributed by atoms with Crippen LogP contribution in [-0.4, -0.2) is 40.9 Å². The standard InChI is InChI=1S/C15H16F2N2O4/c1-2-19(13(21)15(6-7-15)14(22)23)8-11(20)18-12-9(16)4-3-5-10(12)17/h3-5H,2,6-8H2,1H3,(H,18,20)(H,22,23). The summed E-state index contributed by atoms with van der Waals surface area (Å²) < 4.78 is 27.0. The number of aliphatic carboxylic acids is 1. The van der Waals surface area contributed by atoms with Gasteiger partial charge in [0, 0.05) is 6.54 Å². The summed E-state index contributed by atoms with van der Waals surface area (Å²) in [6.07, 6.45) is 0.447. The molecular weight excluding hydrogens is 310 g/mol. The van der Waals surface area contributed by atoms with Gasteiger partial charge in [-0.15, -0.1) is 0 Å². The number of anilines is 1. The lowest BCUT2D eigenvalue weighted by molar-refractivity contribution is -0.154. The SMILES string of the molecule is CCN(CC(=O)Nc1c(F)cccc1F)C(=O)C1(C(=O)O)CC1. The fourth-order valence-electron chi connectivity index (χ4n) is 2.24. The van der Waals surface area contributed by atoms with E-state index in [2.05, 4.69) is 5.32 Å². The molecule has 8 heteroatoms. The molecule has 0 saturated heterocycles. The number of hydrogen-bond acceptors (Lipinski definition) is 3. The van der Waals surface area contributed by atoms with Crippen LogP contribution in [0.2, 0.25) is 0 Å². The molecule has 0 atom stereocenters. The Bertz CT molecular complexity index is 639. The summed E-state index contributed by atoms with van der Waals surface area (Å²) in [5, 5.41) is 11.2. The normalized spacial score (nSPS) is 14.9. The number of nitrogens with one attached hydrogen (secondary N) is 1. The zero-order valence-electron chi connectivity index (χ0n) is 12.4. The minimum Gasteiger partial charge on any atom is -0.480 e. The van der Waals surface area contributed by atoms with Gasteiger partial charge in [0.2, 0.25) is 11.8 Å². The number of halogens is 2. The lowest BCUT2D eigenvalue weighted by atomic mass is 10.1. The van der Waals surface area contributed by atoms with Crippen LogP contribution in [0.4, 0.5) is 14.5 Å². The van der Waals surface area contributed by atoms with Crippen molar-refractivity contribution in [2.24, 2.45) is 5.41 Å². The fraction of sp³-hybridized carbons (Fsp3) is 0.400. The number of carboxylic acid groups (broad SMARTS) is 1. The van der Waals surface area contributed by atoms with E-state index in [-0.39, 0.29) is 19.4 Å². The maximum Gasteiger partial charge on any atom is 0.319 e. The summed E-state index contributed by atoms with van der Waals surface area (Å²) >= 11 is 0. The van der Waals surface area contributed by atoms with Crippen LogP contribution in [0.15, 0.2) is 18.2 Å². The maximum absolute atomic E-state index is 13.5. The van der Waals surface area contributed by atoms with E-state index < -0.39 is 47.1 Å². The van der Waals surface area contributed by atoms with E-state index in [1.165, 1.54) is 0 Å². The van der Waals surface area contributed by atoms with Gasteiger partial charge >= 0.3 is 5.97 Å². The van der Waals surface area contributed by atoms with Gasteiger partial charge in [0.25, 0.3) is 0 Å². The first-order chi connectivity index (χ1) is 10.8. The number of benzene rings is 1. The van der Waals surface area contributed by atoms with E-state index in [0.29, 0.717) is 0 Å². The third-order valence-corrected chi connectivity index (χ3v) is 3.80. The number of carbonyl (C=O) groups excluding carboxylic acids is 2. The van der Waals surface area contributed by atoms with Gasteiger partial charge in [0.15, 0.2) is 0 Å². The predicted molar refractivity (Wildman–Crippen MR) is 76.5 cm³/mol. The van der Waals surface area contributed by atoms with Crippen molar-refractivity contribution in [1.82, 2.24) is 4.90 Å². The van der Waals surface area contributed by atoms with Crippen LogP contribution >= 0.6 is 0 Å². The quantitative estimate of drug-likeness (QED) is 0.778. The van der Waals surface area contributed by atoms with Crippen molar-refractivity contribution in [2.45, 2.75) is 19.8 Å². The van der Waals surface area contributed by atoms with E-state index in [1.54, 1.807) is 6.92 Å². The van der Waals surface area contributed by atoms with Crippen LogP contribution in [0.25, 0.3) is 0 Å². The lowest BCUT2D eigenvalue weighted by Gasteiger charge is -2.23. The van der Waals surface area contributed by atoms with Gasteiger partial charge in [-0.1, -0.05) is 6.07 Å². The minimum absolute atomic E-state index is 0.112. The minimum atomic E-state index is -1.46. The van der Waals surface area contributed by atoms with Crippen LogP contribution in [0.1, 0.15) is 19.8 Å². The molecule has 1 fully saturated rings. The third-order valence-electron chi connectivity index (χ3n) is 3.80. The van der Waals surface area contributed by atoms with Gasteiger partial charge in [-0.25, -0.2) is 8.78 Å². The molecule has 1 saturated carbocycles. The van der Waals surface area contributed by atoms with Crippen LogP contribution in [0.3, 0.4) is 0 Å². The van der Waals surface area contributed by atoms with E-state index in [4.69, 9.17) is 5.11 Å². The molecule has 23 heavy (non-hydrogen) atoms. The Labute approximate surface area is 131 Å². The molecule has 0 aliphatic heterocycles. The molecule has 0 bridgehead atoms. The van der Waals surface area contributed by atoms with Crippen molar-refractivity contribution in [1.29, 1.82) is 0 Å². The highest BCUT2D eigenvalue weighted by molar-refractivity contribution is 6.06. The van der Waals surface area contributed by atoms with Crippen LogP contribution < -0.4 is 5.32 Å². The van der Waals surface area contributed by atoms with Crippen molar-refractivity contribution in [3.8, 4) is 0 Å². The van der Waals surface area contributed by atoms with Crippen molar-refractivity contribution < 1.29 is 28.3 Å². The Kier molecular flexibility index (Phi) is 4.63. The second kappa shape index (κ2) is 6.31. The molecule has 6 nitrogen and oxygen atoms in total. The highest BCUT2D eigenvalue weighted by Gasteiger charge is 2.58. The van der Waals surface area contributed by atoms with Crippen molar-refractivity contribution in [2.75, 3.05) is 18.4 Å². The molecule has 2 rings (SSSR count). The highest BCUT2D eigenvalue weighted by atomic mass is 19.1. The summed E-state index contributed by atoms with van der Waals surface area (Å²) in [5.41, 5.74) is -2.06. The van der Waals surface area contributed by atoms with Crippen LogP contribution in [-0.2, 0) is 14.4 Å². The summed E-state index contributed by atoms with van der Waals surface area (Å²) in [4.78, 5) is 36.4. The highest BCUT2D eigenvalue weighted by Crippen LogP contribution is 2.47. The number of para-hydroxylation sites is 1. The Morgan fingerprint density at radius 3 is 2.26 bits per heavy atom. The zero-order chi connectivity index (χ0) is 17.2. The van der Waals surface area contributed by atoms with Crippen molar-refractivity contribution in [3.05, 3.63) is 29.8 Å². The molecule has 1 aromatic carbocycles. The van der Waals surface area contributed by atoms with Crippen LogP contribution in [0, 0.1) is 17.0 Å². The molecule has 2 N–H and O–H groups in total. The number of carbonyl (C=O) groups is 3. The topological polar surface area (TPSA) is 86.7 Å². The monoisotopic (exact) mass is 326 g/mol. The summed E-state index contributed by atoms with van der Waals surface area (Å²) in [5.74, 6) is -4.54. The first-order valence-corrected chi connectivity index (χ1v) is 7.08. The number of likely N-dealkylation sites (N-methyl/N-ethyl adjacent to an activating group) is 1. The summed E-state index contributed by atoms with van der Waals surface area (Å²) in [7, 11) is 0.